The highest BCUT2D eigenvalue weighted by Crippen LogP contribution is 2.35. The number of hydrogen-bond acceptors (Lipinski definition) is 3. The van der Waals surface area contributed by atoms with Gasteiger partial charge in [0.05, 0.1) is 0 Å². The van der Waals surface area contributed by atoms with Crippen molar-refractivity contribution in [1.29, 1.82) is 0 Å². The van der Waals surface area contributed by atoms with Crippen molar-refractivity contribution in [3.8, 4) is 5.75 Å². The number of aromatic hydroxyl groups is 1. The molecule has 0 radical (unpaired) electrons. The van der Waals surface area contributed by atoms with Gasteiger partial charge in [0.1, 0.15) is 16.6 Å². The highest BCUT2D eigenvalue weighted by Gasteiger charge is 2.22. The van der Waals surface area contributed by atoms with E-state index in [4.69, 9.17) is 11.6 Å². The zero-order chi connectivity index (χ0) is 12.4. The van der Waals surface area contributed by atoms with Crippen LogP contribution in [-0.4, -0.2) is 36.2 Å². The second-order valence-corrected chi connectivity index (χ2v) is 4.64. The highest BCUT2D eigenvalue weighted by molar-refractivity contribution is 6.32. The van der Waals surface area contributed by atoms with Gasteiger partial charge in [-0.3, -0.25) is 4.90 Å². The molecule has 0 bridgehead atoms. The molecule has 1 saturated heterocycles. The SMILES string of the molecule is C[C@@H](c1ccc(F)c(Cl)c1O)N1CCNCC1. The van der Waals surface area contributed by atoms with E-state index in [0.29, 0.717) is 5.56 Å². The van der Waals surface area contributed by atoms with Crippen LogP contribution in [0.25, 0.3) is 0 Å². The maximum atomic E-state index is 13.1. The molecule has 0 aliphatic carbocycles. The van der Waals surface area contributed by atoms with E-state index < -0.39 is 5.82 Å². The van der Waals surface area contributed by atoms with Crippen LogP contribution in [0.2, 0.25) is 5.02 Å². The van der Waals surface area contributed by atoms with Crippen LogP contribution in [0.1, 0.15) is 18.5 Å². The first kappa shape index (κ1) is 12.6. The Morgan fingerprint density at radius 1 is 1.41 bits per heavy atom. The number of hydrogen-bond donors (Lipinski definition) is 2. The standard InChI is InChI=1S/C12H16ClFN2O/c1-8(16-6-4-15-5-7-16)9-2-3-10(14)11(13)12(9)17/h2-3,8,15,17H,4-7H2,1H3/t8-/m0/s1. The van der Waals surface area contributed by atoms with E-state index in [0.717, 1.165) is 26.2 Å². The van der Waals surface area contributed by atoms with Crippen molar-refractivity contribution < 1.29 is 9.50 Å². The average Bonchev–Trinajstić information content (AvgIpc) is 2.36. The van der Waals surface area contributed by atoms with Crippen molar-refractivity contribution in [1.82, 2.24) is 10.2 Å². The molecule has 0 amide bonds. The fraction of sp³-hybridized carbons (Fsp3) is 0.500. The van der Waals surface area contributed by atoms with Crippen LogP contribution in [0, 0.1) is 5.82 Å². The Kier molecular flexibility index (Phi) is 3.86. The van der Waals surface area contributed by atoms with Gasteiger partial charge in [0.25, 0.3) is 0 Å². The second kappa shape index (κ2) is 5.21. The third kappa shape index (κ3) is 2.54. The van der Waals surface area contributed by atoms with E-state index in [1.807, 2.05) is 6.92 Å². The molecule has 2 rings (SSSR count). The third-order valence-corrected chi connectivity index (χ3v) is 3.61. The van der Waals surface area contributed by atoms with Crippen molar-refractivity contribution in [3.63, 3.8) is 0 Å². The first-order chi connectivity index (χ1) is 8.11. The third-order valence-electron chi connectivity index (χ3n) is 3.25. The smallest absolute Gasteiger partial charge is 0.145 e. The minimum Gasteiger partial charge on any atom is -0.506 e. The van der Waals surface area contributed by atoms with E-state index in [2.05, 4.69) is 10.2 Å². The van der Waals surface area contributed by atoms with E-state index in [1.165, 1.54) is 6.07 Å². The first-order valence-electron chi connectivity index (χ1n) is 5.73. The van der Waals surface area contributed by atoms with Gasteiger partial charge in [-0.1, -0.05) is 17.7 Å². The largest absolute Gasteiger partial charge is 0.506 e. The maximum Gasteiger partial charge on any atom is 0.145 e. The maximum absolute atomic E-state index is 13.1. The summed E-state index contributed by atoms with van der Waals surface area (Å²) in [5.41, 5.74) is 0.679. The van der Waals surface area contributed by atoms with Crippen molar-refractivity contribution >= 4 is 11.6 Å². The molecule has 1 aromatic carbocycles. The lowest BCUT2D eigenvalue weighted by Gasteiger charge is -2.33. The lowest BCUT2D eigenvalue weighted by atomic mass is 10.0. The van der Waals surface area contributed by atoms with Crippen LogP contribution >= 0.6 is 11.6 Å². The van der Waals surface area contributed by atoms with Gasteiger partial charge in [-0.25, -0.2) is 4.39 Å². The summed E-state index contributed by atoms with van der Waals surface area (Å²) in [6.45, 7) is 5.68. The molecule has 1 heterocycles. The summed E-state index contributed by atoms with van der Waals surface area (Å²) in [5, 5.41) is 12.9. The molecule has 2 N–H and O–H groups in total. The molecule has 0 aromatic heterocycles. The number of nitrogens with zero attached hydrogens (tertiary/aromatic N) is 1. The normalized spacial score (nSPS) is 19.2. The van der Waals surface area contributed by atoms with Gasteiger partial charge < -0.3 is 10.4 Å². The number of phenols is 1. The Bertz CT molecular complexity index is 408. The molecule has 17 heavy (non-hydrogen) atoms. The van der Waals surface area contributed by atoms with Crippen LogP contribution in [0.5, 0.6) is 5.75 Å². The topological polar surface area (TPSA) is 35.5 Å². The molecule has 1 aliphatic heterocycles. The van der Waals surface area contributed by atoms with Crippen LogP contribution in [0.15, 0.2) is 12.1 Å². The summed E-state index contributed by atoms with van der Waals surface area (Å²) in [6.07, 6.45) is 0. The Morgan fingerprint density at radius 2 is 2.06 bits per heavy atom. The molecule has 94 valence electrons. The second-order valence-electron chi connectivity index (χ2n) is 4.26. The molecule has 0 saturated carbocycles. The summed E-state index contributed by atoms with van der Waals surface area (Å²) >= 11 is 5.71. The Balaban J connectivity index is 2.24. The molecule has 1 aliphatic rings. The molecule has 0 unspecified atom stereocenters. The van der Waals surface area contributed by atoms with E-state index in [-0.39, 0.29) is 16.8 Å². The van der Waals surface area contributed by atoms with E-state index >= 15 is 0 Å². The molecule has 1 fully saturated rings. The number of piperazine rings is 1. The number of phenolic OH excluding ortho intramolecular Hbond substituents is 1. The van der Waals surface area contributed by atoms with Gasteiger partial charge in [0.2, 0.25) is 0 Å². The summed E-state index contributed by atoms with van der Waals surface area (Å²) in [5.74, 6) is -0.724. The molecule has 5 heteroatoms. The molecule has 1 atom stereocenters. The number of halogens is 2. The summed E-state index contributed by atoms with van der Waals surface area (Å²) in [7, 11) is 0. The van der Waals surface area contributed by atoms with Gasteiger partial charge in [-0.2, -0.15) is 0 Å². The Labute approximate surface area is 105 Å². The molecule has 0 spiro atoms. The van der Waals surface area contributed by atoms with Crippen molar-refractivity contribution in [2.45, 2.75) is 13.0 Å². The van der Waals surface area contributed by atoms with Gasteiger partial charge in [0, 0.05) is 37.8 Å². The fourth-order valence-electron chi connectivity index (χ4n) is 2.16. The summed E-state index contributed by atoms with van der Waals surface area (Å²) in [4.78, 5) is 2.24. The van der Waals surface area contributed by atoms with Gasteiger partial charge >= 0.3 is 0 Å². The predicted molar refractivity (Wildman–Crippen MR) is 65.9 cm³/mol. The van der Waals surface area contributed by atoms with Crippen molar-refractivity contribution in [3.05, 3.63) is 28.5 Å². The molecular formula is C12H16ClFN2O. The Morgan fingerprint density at radius 3 is 2.71 bits per heavy atom. The zero-order valence-electron chi connectivity index (χ0n) is 9.71. The van der Waals surface area contributed by atoms with E-state index in [9.17, 15) is 9.50 Å². The molecule has 3 nitrogen and oxygen atoms in total. The van der Waals surface area contributed by atoms with Crippen LogP contribution in [0.3, 0.4) is 0 Å². The predicted octanol–water partition coefficient (Wildman–Crippen LogP) is 2.15. The lowest BCUT2D eigenvalue weighted by Crippen LogP contribution is -2.44. The average molecular weight is 259 g/mol. The highest BCUT2D eigenvalue weighted by atomic mass is 35.5. The summed E-state index contributed by atoms with van der Waals surface area (Å²) in [6, 6.07) is 2.94. The Hall–Kier alpha value is -0.840. The quantitative estimate of drug-likeness (QED) is 0.853. The van der Waals surface area contributed by atoms with Gasteiger partial charge in [0.15, 0.2) is 0 Å². The summed E-state index contributed by atoms with van der Waals surface area (Å²) < 4.78 is 13.1. The van der Waals surface area contributed by atoms with Crippen molar-refractivity contribution in [2.24, 2.45) is 0 Å². The van der Waals surface area contributed by atoms with Gasteiger partial charge in [-0.15, -0.1) is 0 Å². The van der Waals surface area contributed by atoms with Gasteiger partial charge in [-0.05, 0) is 13.0 Å². The molecular weight excluding hydrogens is 243 g/mol. The van der Waals surface area contributed by atoms with Crippen LogP contribution in [-0.2, 0) is 0 Å². The minimum absolute atomic E-state index is 0.0372. The first-order valence-corrected chi connectivity index (χ1v) is 6.10. The van der Waals surface area contributed by atoms with Crippen molar-refractivity contribution in [2.75, 3.05) is 26.2 Å². The lowest BCUT2D eigenvalue weighted by molar-refractivity contribution is 0.183. The number of nitrogens with one attached hydrogen (secondary N) is 1. The minimum atomic E-state index is -0.583. The monoisotopic (exact) mass is 258 g/mol. The number of rotatable bonds is 2. The molecule has 1 aromatic rings. The fourth-order valence-corrected chi connectivity index (χ4v) is 2.33. The van der Waals surface area contributed by atoms with Crippen LogP contribution < -0.4 is 5.32 Å². The number of benzene rings is 1. The van der Waals surface area contributed by atoms with Crippen LogP contribution in [0.4, 0.5) is 4.39 Å². The zero-order valence-corrected chi connectivity index (χ0v) is 10.5. The van der Waals surface area contributed by atoms with E-state index in [1.54, 1.807) is 6.07 Å².